The fraction of sp³-hybridized carbons (Fsp3) is 0.118. The number of nitrogens with one attached hydrogen (secondary N) is 2. The molecule has 4 N–H and O–H groups in total. The summed E-state index contributed by atoms with van der Waals surface area (Å²) in [6.07, 6.45) is 7.46. The van der Waals surface area contributed by atoms with E-state index in [2.05, 4.69) is 75.2 Å². The molecule has 0 saturated heterocycles. The Morgan fingerprint density at radius 1 is 1.17 bits per heavy atom. The van der Waals surface area contributed by atoms with Gasteiger partial charge in [-0.1, -0.05) is 17.2 Å². The number of nitrogens with two attached hydrogens (primary N) is 1. The van der Waals surface area contributed by atoms with Crippen LogP contribution in [0, 0.1) is 6.92 Å². The lowest BCUT2D eigenvalue weighted by Gasteiger charge is -1.98. The molecule has 0 atom stereocenters. The van der Waals surface area contributed by atoms with Crippen molar-refractivity contribution in [2.45, 2.75) is 6.92 Å². The minimum Gasteiger partial charge on any atom is -0.276 e. The Labute approximate surface area is 134 Å². The van der Waals surface area contributed by atoms with Crippen LogP contribution in [-0.4, -0.2) is 17.1 Å². The van der Waals surface area contributed by atoms with Crippen LogP contribution in [0.5, 0.6) is 0 Å². The van der Waals surface area contributed by atoms with E-state index in [1.807, 2.05) is 12.1 Å². The van der Waals surface area contributed by atoms with Gasteiger partial charge in [0.25, 0.3) is 12.0 Å². The minimum absolute atomic E-state index is 1.01. The minimum atomic E-state index is 1.01. The van der Waals surface area contributed by atoms with E-state index < -0.39 is 0 Å². The number of imidazole rings is 1. The van der Waals surface area contributed by atoms with Gasteiger partial charge in [-0.2, -0.15) is 10.5 Å². The molecule has 3 rings (SSSR count). The van der Waals surface area contributed by atoms with Gasteiger partial charge in [0, 0.05) is 11.6 Å². The van der Waals surface area contributed by atoms with Gasteiger partial charge in [-0.25, -0.2) is 8.97 Å². The first kappa shape index (κ1) is 14.8. The maximum absolute atomic E-state index is 5.10. The Morgan fingerprint density at radius 2 is 1.96 bits per heavy atom. The summed E-state index contributed by atoms with van der Waals surface area (Å²) in [5.41, 5.74) is 8.39. The maximum atomic E-state index is 5.10. The fourth-order valence-corrected chi connectivity index (χ4v) is 2.55. The van der Waals surface area contributed by atoms with Crippen molar-refractivity contribution in [2.75, 3.05) is 0 Å². The Morgan fingerprint density at radius 3 is 2.70 bits per heavy atom. The van der Waals surface area contributed by atoms with E-state index in [1.165, 1.54) is 11.9 Å². The standard InChI is InChI=1S/C17H19N6/c1-13-3-8-17-22(2)16(11-23(17)10-13)15-6-4-14(5-7-15)9-20-21-12-19-18/h3-12H,18H2,1-2H3,(H,19,21)/q+1/p+1/b20-9-. The van der Waals surface area contributed by atoms with Gasteiger partial charge >= 0.3 is 0 Å². The quantitative estimate of drug-likeness (QED) is 0.203. The first-order chi connectivity index (χ1) is 11.2. The van der Waals surface area contributed by atoms with Gasteiger partial charge in [-0.3, -0.25) is 5.84 Å². The van der Waals surface area contributed by atoms with Gasteiger partial charge in [-0.05, 0) is 36.2 Å². The van der Waals surface area contributed by atoms with Crippen molar-refractivity contribution in [3.63, 3.8) is 0 Å². The van der Waals surface area contributed by atoms with Crippen molar-refractivity contribution in [2.24, 2.45) is 18.0 Å². The van der Waals surface area contributed by atoms with Gasteiger partial charge in [-0.15, -0.1) is 0 Å². The number of hydrogen-bond acceptors (Lipinski definition) is 2. The van der Waals surface area contributed by atoms with Gasteiger partial charge in [0.1, 0.15) is 6.20 Å². The number of pyridine rings is 1. The lowest BCUT2D eigenvalue weighted by Crippen LogP contribution is -2.78. The van der Waals surface area contributed by atoms with E-state index in [9.17, 15) is 0 Å². The normalized spacial score (nSPS) is 11.7. The highest BCUT2D eigenvalue weighted by Gasteiger charge is 2.15. The Kier molecular flexibility index (Phi) is 4.05. The summed E-state index contributed by atoms with van der Waals surface area (Å²) in [6, 6.07) is 12.5. The molecule has 6 nitrogen and oxygen atoms in total. The molecule has 0 fully saturated rings. The molecule has 6 heteroatoms. The first-order valence-corrected chi connectivity index (χ1v) is 7.33. The molecule has 0 saturated carbocycles. The Bertz CT molecular complexity index is 874. The van der Waals surface area contributed by atoms with Crippen LogP contribution in [0.1, 0.15) is 11.1 Å². The molecular weight excluding hydrogens is 288 g/mol. The van der Waals surface area contributed by atoms with Crippen molar-refractivity contribution < 1.29 is 9.50 Å². The maximum Gasteiger partial charge on any atom is 0.286 e. The van der Waals surface area contributed by atoms with E-state index in [0.717, 1.165) is 22.5 Å². The van der Waals surface area contributed by atoms with Crippen LogP contribution in [0.15, 0.2) is 53.9 Å². The molecule has 2 aromatic heterocycles. The molecule has 0 aliphatic rings. The van der Waals surface area contributed by atoms with E-state index in [4.69, 9.17) is 5.84 Å². The van der Waals surface area contributed by atoms with Crippen LogP contribution in [-0.2, 0) is 7.05 Å². The highest BCUT2D eigenvalue weighted by molar-refractivity contribution is 5.81. The summed E-state index contributed by atoms with van der Waals surface area (Å²) in [4.78, 5) is 0. The van der Waals surface area contributed by atoms with E-state index >= 15 is 0 Å². The average molecular weight is 308 g/mol. The number of hydrazine groups is 1. The van der Waals surface area contributed by atoms with Gasteiger partial charge < -0.3 is 0 Å². The predicted octanol–water partition coefficient (Wildman–Crippen LogP) is -0.355. The fourth-order valence-electron chi connectivity index (χ4n) is 2.55. The summed E-state index contributed by atoms with van der Waals surface area (Å²) >= 11 is 0. The zero-order valence-corrected chi connectivity index (χ0v) is 13.2. The second kappa shape index (κ2) is 6.31. The molecule has 0 aliphatic carbocycles. The van der Waals surface area contributed by atoms with E-state index in [-0.39, 0.29) is 0 Å². The Balaban J connectivity index is 1.90. The molecule has 0 aliphatic heterocycles. The molecule has 0 spiro atoms. The van der Waals surface area contributed by atoms with Crippen molar-refractivity contribution in [1.29, 1.82) is 0 Å². The predicted molar refractivity (Wildman–Crippen MR) is 90.7 cm³/mol. The van der Waals surface area contributed by atoms with Crippen LogP contribution in [0.25, 0.3) is 16.9 Å². The zero-order valence-electron chi connectivity index (χ0n) is 13.2. The van der Waals surface area contributed by atoms with Crippen LogP contribution in [0.4, 0.5) is 0 Å². The number of hydrazone groups is 2. The van der Waals surface area contributed by atoms with E-state index in [0.29, 0.717) is 0 Å². The molecule has 23 heavy (non-hydrogen) atoms. The number of hydrogen-bond donors (Lipinski definition) is 3. The number of rotatable bonds is 4. The summed E-state index contributed by atoms with van der Waals surface area (Å²) in [5.74, 6) is 5.10. The van der Waals surface area contributed by atoms with Crippen LogP contribution >= 0.6 is 0 Å². The third-order valence-corrected chi connectivity index (χ3v) is 3.71. The lowest BCUT2D eigenvalue weighted by molar-refractivity contribution is -0.510. The molecule has 0 radical (unpaired) electrons. The molecule has 1 aromatic carbocycles. The number of nitrogens with zero attached hydrogens (tertiary/aromatic N) is 3. The van der Waals surface area contributed by atoms with Gasteiger partial charge in [0.15, 0.2) is 5.69 Å². The monoisotopic (exact) mass is 308 g/mol. The highest BCUT2D eigenvalue weighted by atomic mass is 15.3. The van der Waals surface area contributed by atoms with Crippen LogP contribution in [0.2, 0.25) is 0 Å². The second-order valence-corrected chi connectivity index (χ2v) is 5.37. The zero-order chi connectivity index (χ0) is 16.2. The summed E-state index contributed by atoms with van der Waals surface area (Å²) in [5, 5.41) is 6.37. The van der Waals surface area contributed by atoms with Crippen molar-refractivity contribution >= 4 is 18.2 Å². The average Bonchev–Trinajstić information content (AvgIpc) is 2.88. The third kappa shape index (κ3) is 3.06. The van der Waals surface area contributed by atoms with Crippen molar-refractivity contribution in [3.8, 4) is 11.3 Å². The van der Waals surface area contributed by atoms with E-state index in [1.54, 1.807) is 6.21 Å². The van der Waals surface area contributed by atoms with Crippen LogP contribution in [0.3, 0.4) is 0 Å². The molecule has 3 aromatic rings. The molecule has 116 valence electrons. The summed E-state index contributed by atoms with van der Waals surface area (Å²) in [7, 11) is 2.08. The first-order valence-electron chi connectivity index (χ1n) is 7.33. The van der Waals surface area contributed by atoms with Crippen molar-refractivity contribution in [1.82, 2.24) is 9.99 Å². The smallest absolute Gasteiger partial charge is 0.276 e. The van der Waals surface area contributed by atoms with Gasteiger partial charge in [0.2, 0.25) is 0 Å². The number of fused-ring (bicyclic) bond motifs is 1. The SMILES string of the molecule is Cc1ccc2n(C)c(-c3ccc(/C=N\NC=[NH+]N)cc3)c[n+]2c1. The summed E-state index contributed by atoms with van der Waals surface area (Å²) < 4.78 is 4.34. The molecule has 2 heterocycles. The molecule has 0 amide bonds. The van der Waals surface area contributed by atoms with Crippen LogP contribution < -0.4 is 20.8 Å². The second-order valence-electron chi connectivity index (χ2n) is 5.37. The third-order valence-electron chi connectivity index (χ3n) is 3.71. The molecule has 0 bridgehead atoms. The number of benzene rings is 1. The van der Waals surface area contributed by atoms with Gasteiger partial charge in [0.05, 0.1) is 19.5 Å². The Hall–Kier alpha value is -3.15. The number of aryl methyl sites for hydroxylation is 2. The number of aromatic nitrogens is 2. The molecular formula is C17H20N6+2. The lowest BCUT2D eigenvalue weighted by atomic mass is 10.1. The highest BCUT2D eigenvalue weighted by Crippen LogP contribution is 2.20. The largest absolute Gasteiger partial charge is 0.286 e. The van der Waals surface area contributed by atoms with Crippen molar-refractivity contribution in [3.05, 3.63) is 59.9 Å². The topological polar surface area (TPSA) is 73.4 Å². The molecule has 0 unspecified atom stereocenters. The summed E-state index contributed by atoms with van der Waals surface area (Å²) in [6.45, 7) is 2.10.